The largest absolute Gasteiger partial charge is 0.490 e. The number of anilines is 2. The van der Waals surface area contributed by atoms with Gasteiger partial charge < -0.3 is 15.0 Å². The molecule has 0 fully saturated rings. The molecule has 1 N–H and O–H groups in total. The van der Waals surface area contributed by atoms with Gasteiger partial charge in [-0.05, 0) is 78.3 Å². The van der Waals surface area contributed by atoms with Gasteiger partial charge in [0.2, 0.25) is 0 Å². The first kappa shape index (κ1) is 21.6. The molecule has 0 heterocycles. The zero-order chi connectivity index (χ0) is 21.7. The average Bonchev–Trinajstić information content (AvgIpc) is 2.74. The fraction of sp³-hybridized carbons (Fsp3) is 0.167. The van der Waals surface area contributed by atoms with Gasteiger partial charge in [0.05, 0.1) is 10.6 Å². The number of hydrogen-bond donors (Lipinski definition) is 1. The molecule has 0 aliphatic heterocycles. The van der Waals surface area contributed by atoms with Crippen LogP contribution in [0.2, 0.25) is 0 Å². The van der Waals surface area contributed by atoms with Crippen molar-refractivity contribution >= 4 is 39.1 Å². The minimum absolute atomic E-state index is 0.0373. The Bertz CT molecular complexity index is 1050. The van der Waals surface area contributed by atoms with Crippen LogP contribution in [0.1, 0.15) is 34.6 Å². The Morgan fingerprint density at radius 2 is 1.67 bits per heavy atom. The fourth-order valence-electron chi connectivity index (χ4n) is 2.89. The van der Waals surface area contributed by atoms with E-state index < -0.39 is 0 Å². The molecule has 2 amide bonds. The first-order valence-corrected chi connectivity index (χ1v) is 10.3. The molecule has 154 valence electrons. The van der Waals surface area contributed by atoms with E-state index >= 15 is 0 Å². The normalized spacial score (nSPS) is 10.6. The number of hydrogen-bond acceptors (Lipinski definition) is 3. The molecule has 3 aromatic rings. The topological polar surface area (TPSA) is 58.6 Å². The standard InChI is InChI=1S/C24H23BrN2O3/c1-16(2)30-22-13-12-17(15-21(22)25)23(28)26-19-9-7-8-18(14-19)24(29)27(3)20-10-5-4-6-11-20/h4-16H,1-3H3,(H,26,28). The van der Waals surface area contributed by atoms with Gasteiger partial charge in [0.15, 0.2) is 0 Å². The SMILES string of the molecule is CC(C)Oc1ccc(C(=O)Nc2cccc(C(=O)N(C)c3ccccc3)c2)cc1Br. The summed E-state index contributed by atoms with van der Waals surface area (Å²) in [6.45, 7) is 3.88. The molecule has 6 heteroatoms. The highest BCUT2D eigenvalue weighted by Gasteiger charge is 2.15. The highest BCUT2D eigenvalue weighted by atomic mass is 79.9. The second-order valence-corrected chi connectivity index (χ2v) is 7.90. The molecule has 0 bridgehead atoms. The summed E-state index contributed by atoms with van der Waals surface area (Å²) in [5.74, 6) is 0.251. The molecule has 3 aromatic carbocycles. The van der Waals surface area contributed by atoms with Crippen LogP contribution in [0.15, 0.2) is 77.3 Å². The third-order valence-electron chi connectivity index (χ3n) is 4.37. The summed E-state index contributed by atoms with van der Waals surface area (Å²) in [4.78, 5) is 27.1. The smallest absolute Gasteiger partial charge is 0.258 e. The predicted octanol–water partition coefficient (Wildman–Crippen LogP) is 5.77. The Balaban J connectivity index is 1.74. The summed E-state index contributed by atoms with van der Waals surface area (Å²) in [6, 6.07) is 21.5. The van der Waals surface area contributed by atoms with Gasteiger partial charge in [-0.1, -0.05) is 24.3 Å². The van der Waals surface area contributed by atoms with Crippen molar-refractivity contribution in [3.05, 3.63) is 88.4 Å². The number of carbonyl (C=O) groups excluding carboxylic acids is 2. The number of nitrogens with zero attached hydrogens (tertiary/aromatic N) is 1. The zero-order valence-corrected chi connectivity index (χ0v) is 18.6. The van der Waals surface area contributed by atoms with Crippen molar-refractivity contribution in [3.8, 4) is 5.75 Å². The molecular formula is C24H23BrN2O3. The first-order valence-electron chi connectivity index (χ1n) is 9.56. The number of halogens is 1. The minimum atomic E-state index is -0.271. The molecular weight excluding hydrogens is 444 g/mol. The lowest BCUT2D eigenvalue weighted by Crippen LogP contribution is -2.26. The highest BCUT2D eigenvalue weighted by molar-refractivity contribution is 9.10. The summed E-state index contributed by atoms with van der Waals surface area (Å²) in [5.41, 5.74) is 2.31. The summed E-state index contributed by atoms with van der Waals surface area (Å²) in [7, 11) is 1.72. The maximum Gasteiger partial charge on any atom is 0.258 e. The number of ether oxygens (including phenoxy) is 1. The van der Waals surface area contributed by atoms with Crippen molar-refractivity contribution in [2.45, 2.75) is 20.0 Å². The molecule has 0 aliphatic carbocycles. The van der Waals surface area contributed by atoms with Gasteiger partial charge in [0.1, 0.15) is 5.75 Å². The van der Waals surface area contributed by atoms with Crippen LogP contribution in [-0.4, -0.2) is 25.0 Å². The van der Waals surface area contributed by atoms with Crippen LogP contribution in [0.3, 0.4) is 0 Å². The zero-order valence-electron chi connectivity index (χ0n) is 17.1. The van der Waals surface area contributed by atoms with Gasteiger partial charge in [-0.25, -0.2) is 0 Å². The lowest BCUT2D eigenvalue weighted by atomic mass is 10.1. The van der Waals surface area contributed by atoms with E-state index in [0.29, 0.717) is 27.0 Å². The fourth-order valence-corrected chi connectivity index (χ4v) is 3.36. The van der Waals surface area contributed by atoms with Gasteiger partial charge in [0, 0.05) is 29.5 Å². The molecule has 0 aliphatic rings. The highest BCUT2D eigenvalue weighted by Crippen LogP contribution is 2.27. The predicted molar refractivity (Wildman–Crippen MR) is 123 cm³/mol. The quantitative estimate of drug-likeness (QED) is 0.501. The van der Waals surface area contributed by atoms with E-state index in [1.165, 1.54) is 0 Å². The van der Waals surface area contributed by atoms with Gasteiger partial charge in [-0.3, -0.25) is 9.59 Å². The molecule has 5 nitrogen and oxygen atoms in total. The van der Waals surface area contributed by atoms with Crippen molar-refractivity contribution in [1.29, 1.82) is 0 Å². The number of amides is 2. The summed E-state index contributed by atoms with van der Waals surface area (Å²) in [6.07, 6.45) is 0.0373. The first-order chi connectivity index (χ1) is 14.3. The Hall–Kier alpha value is -3.12. The van der Waals surface area contributed by atoms with E-state index in [2.05, 4.69) is 21.2 Å². The van der Waals surface area contributed by atoms with Crippen molar-refractivity contribution in [2.24, 2.45) is 0 Å². The summed E-state index contributed by atoms with van der Waals surface area (Å²) < 4.78 is 6.38. The minimum Gasteiger partial charge on any atom is -0.490 e. The molecule has 0 spiro atoms. The Morgan fingerprint density at radius 3 is 2.33 bits per heavy atom. The van der Waals surface area contributed by atoms with E-state index in [1.54, 1.807) is 54.4 Å². The Labute approximate surface area is 184 Å². The molecule has 0 radical (unpaired) electrons. The van der Waals surface area contributed by atoms with Crippen LogP contribution in [0.4, 0.5) is 11.4 Å². The molecule has 0 aromatic heterocycles. The van der Waals surface area contributed by atoms with Gasteiger partial charge >= 0.3 is 0 Å². The summed E-state index contributed by atoms with van der Waals surface area (Å²) in [5, 5.41) is 2.85. The third-order valence-corrected chi connectivity index (χ3v) is 4.99. The number of para-hydroxylation sites is 1. The van der Waals surface area contributed by atoms with Gasteiger partial charge in [-0.15, -0.1) is 0 Å². The van der Waals surface area contributed by atoms with Crippen LogP contribution in [-0.2, 0) is 0 Å². The van der Waals surface area contributed by atoms with E-state index in [4.69, 9.17) is 4.74 Å². The van der Waals surface area contributed by atoms with Gasteiger partial charge in [0.25, 0.3) is 11.8 Å². The van der Waals surface area contributed by atoms with Crippen molar-refractivity contribution < 1.29 is 14.3 Å². The van der Waals surface area contributed by atoms with E-state index in [9.17, 15) is 9.59 Å². The van der Waals surface area contributed by atoms with E-state index in [1.807, 2.05) is 44.2 Å². The van der Waals surface area contributed by atoms with E-state index in [0.717, 1.165) is 5.69 Å². The molecule has 3 rings (SSSR count). The molecule has 0 saturated heterocycles. The molecule has 30 heavy (non-hydrogen) atoms. The molecule has 0 saturated carbocycles. The second kappa shape index (κ2) is 9.59. The Kier molecular flexibility index (Phi) is 6.90. The Morgan fingerprint density at radius 1 is 0.933 bits per heavy atom. The number of rotatable bonds is 6. The maximum absolute atomic E-state index is 12.8. The van der Waals surface area contributed by atoms with Crippen LogP contribution < -0.4 is 15.0 Å². The van der Waals surface area contributed by atoms with Gasteiger partial charge in [-0.2, -0.15) is 0 Å². The average molecular weight is 467 g/mol. The second-order valence-electron chi connectivity index (χ2n) is 7.05. The lowest BCUT2D eigenvalue weighted by molar-refractivity contribution is 0.0990. The number of benzene rings is 3. The molecule has 0 unspecified atom stereocenters. The van der Waals surface area contributed by atoms with Crippen LogP contribution >= 0.6 is 15.9 Å². The number of carbonyl (C=O) groups is 2. The van der Waals surface area contributed by atoms with Crippen molar-refractivity contribution in [3.63, 3.8) is 0 Å². The van der Waals surface area contributed by atoms with Crippen LogP contribution in [0.5, 0.6) is 5.75 Å². The van der Waals surface area contributed by atoms with Crippen molar-refractivity contribution in [1.82, 2.24) is 0 Å². The third kappa shape index (κ3) is 5.27. The summed E-state index contributed by atoms with van der Waals surface area (Å²) >= 11 is 3.44. The number of nitrogens with one attached hydrogen (secondary N) is 1. The van der Waals surface area contributed by atoms with E-state index in [-0.39, 0.29) is 17.9 Å². The van der Waals surface area contributed by atoms with Crippen LogP contribution in [0.25, 0.3) is 0 Å². The molecule has 0 atom stereocenters. The van der Waals surface area contributed by atoms with Crippen molar-refractivity contribution in [2.75, 3.05) is 17.3 Å². The van der Waals surface area contributed by atoms with Crippen LogP contribution in [0, 0.1) is 0 Å². The lowest BCUT2D eigenvalue weighted by Gasteiger charge is -2.18. The maximum atomic E-state index is 12.8. The monoisotopic (exact) mass is 466 g/mol.